The van der Waals surface area contributed by atoms with Gasteiger partial charge in [-0.2, -0.15) is 0 Å². The number of amides is 1. The summed E-state index contributed by atoms with van der Waals surface area (Å²) in [4.78, 5) is 30.4. The van der Waals surface area contributed by atoms with Gasteiger partial charge in [-0.1, -0.05) is 18.2 Å². The summed E-state index contributed by atoms with van der Waals surface area (Å²) in [5.74, 6) is -1.13. The summed E-state index contributed by atoms with van der Waals surface area (Å²) < 4.78 is 20.4. The second kappa shape index (κ2) is 8.89. The number of fused-ring (bicyclic) bond motifs is 1. The van der Waals surface area contributed by atoms with Crippen LogP contribution in [0.1, 0.15) is 22.8 Å². The van der Waals surface area contributed by atoms with Gasteiger partial charge in [0.1, 0.15) is 22.9 Å². The molecule has 7 nitrogen and oxygen atoms in total. The number of hydrogen-bond donors (Lipinski definition) is 2. The van der Waals surface area contributed by atoms with E-state index in [0.29, 0.717) is 12.4 Å². The normalized spacial score (nSPS) is 10.8. The lowest BCUT2D eigenvalue weighted by Gasteiger charge is -2.14. The first-order chi connectivity index (χ1) is 15.5. The summed E-state index contributed by atoms with van der Waals surface area (Å²) in [6, 6.07) is 15.7. The van der Waals surface area contributed by atoms with Crippen molar-refractivity contribution >= 4 is 16.9 Å². The van der Waals surface area contributed by atoms with Gasteiger partial charge in [0.15, 0.2) is 5.65 Å². The van der Waals surface area contributed by atoms with E-state index < -0.39 is 28.6 Å². The molecule has 0 aliphatic rings. The smallest absolute Gasteiger partial charge is 0.273 e. The summed E-state index contributed by atoms with van der Waals surface area (Å²) >= 11 is 0. The number of aromatic nitrogens is 2. The first-order valence-electron chi connectivity index (χ1n) is 9.98. The Labute approximate surface area is 182 Å². The van der Waals surface area contributed by atoms with Crippen LogP contribution in [0, 0.1) is 5.82 Å². The number of benzene rings is 2. The Morgan fingerprint density at radius 1 is 1.16 bits per heavy atom. The van der Waals surface area contributed by atoms with E-state index in [9.17, 15) is 19.1 Å². The average Bonchev–Trinajstić information content (AvgIpc) is 2.78. The molecular weight excluding hydrogens is 413 g/mol. The van der Waals surface area contributed by atoms with E-state index in [1.54, 1.807) is 30.3 Å². The number of aromatic hydroxyl groups is 1. The molecule has 8 heteroatoms. The summed E-state index contributed by atoms with van der Waals surface area (Å²) in [6.07, 6.45) is 1.45. The molecule has 0 radical (unpaired) electrons. The van der Waals surface area contributed by atoms with Gasteiger partial charge in [-0.15, -0.1) is 0 Å². The van der Waals surface area contributed by atoms with Crippen molar-refractivity contribution in [2.75, 3.05) is 6.61 Å². The van der Waals surface area contributed by atoms with Gasteiger partial charge in [0.2, 0.25) is 0 Å². The Morgan fingerprint density at radius 3 is 2.75 bits per heavy atom. The number of rotatable bonds is 6. The number of ether oxygens (including phenoxy) is 1. The molecule has 4 rings (SSSR count). The second-order valence-corrected chi connectivity index (χ2v) is 6.98. The Morgan fingerprint density at radius 2 is 1.97 bits per heavy atom. The molecule has 0 aliphatic heterocycles. The van der Waals surface area contributed by atoms with E-state index in [1.807, 2.05) is 6.92 Å². The molecule has 0 fully saturated rings. The molecule has 2 N–H and O–H groups in total. The Kier molecular flexibility index (Phi) is 5.85. The molecule has 0 saturated heterocycles. The Hall–Kier alpha value is -4.20. The molecule has 0 bridgehead atoms. The molecule has 0 aliphatic carbocycles. The number of carbonyl (C=O) groups excluding carboxylic acids is 1. The van der Waals surface area contributed by atoms with Gasteiger partial charge in [-0.25, -0.2) is 9.37 Å². The van der Waals surface area contributed by atoms with Crippen molar-refractivity contribution < 1.29 is 19.0 Å². The van der Waals surface area contributed by atoms with Crippen LogP contribution in [0.25, 0.3) is 16.7 Å². The summed E-state index contributed by atoms with van der Waals surface area (Å²) in [7, 11) is 0. The third-order valence-electron chi connectivity index (χ3n) is 4.86. The second-order valence-electron chi connectivity index (χ2n) is 6.98. The maximum Gasteiger partial charge on any atom is 0.273 e. The highest BCUT2D eigenvalue weighted by Crippen LogP contribution is 2.27. The maximum absolute atomic E-state index is 13.8. The Balaban J connectivity index is 1.76. The number of hydrogen-bond acceptors (Lipinski definition) is 5. The fourth-order valence-corrected chi connectivity index (χ4v) is 3.45. The van der Waals surface area contributed by atoms with Crippen LogP contribution in [0.2, 0.25) is 0 Å². The van der Waals surface area contributed by atoms with Crippen molar-refractivity contribution in [2.45, 2.75) is 13.5 Å². The van der Waals surface area contributed by atoms with Crippen LogP contribution in [0.3, 0.4) is 0 Å². The number of pyridine rings is 2. The quantitative estimate of drug-likeness (QED) is 0.485. The van der Waals surface area contributed by atoms with E-state index in [-0.39, 0.29) is 23.3 Å². The minimum Gasteiger partial charge on any atom is -0.506 e. The fourth-order valence-electron chi connectivity index (χ4n) is 3.45. The monoisotopic (exact) mass is 433 g/mol. The highest BCUT2D eigenvalue weighted by Gasteiger charge is 2.23. The van der Waals surface area contributed by atoms with Gasteiger partial charge in [0.05, 0.1) is 17.7 Å². The van der Waals surface area contributed by atoms with Crippen molar-refractivity contribution in [3.63, 3.8) is 0 Å². The SMILES string of the molecule is CCOc1cccc(CNC(=O)c2c(O)c3cccnc3n(-c3cccc(F)c3)c2=O)c1. The Bertz CT molecular complexity index is 1370. The van der Waals surface area contributed by atoms with Crippen molar-refractivity contribution in [1.29, 1.82) is 0 Å². The highest BCUT2D eigenvalue weighted by molar-refractivity contribution is 6.02. The molecule has 0 spiro atoms. The number of nitrogens with zero attached hydrogens (tertiary/aromatic N) is 2. The predicted molar refractivity (Wildman–Crippen MR) is 118 cm³/mol. The van der Waals surface area contributed by atoms with Crippen LogP contribution in [0.15, 0.2) is 71.7 Å². The zero-order chi connectivity index (χ0) is 22.7. The van der Waals surface area contributed by atoms with Crippen molar-refractivity contribution in [1.82, 2.24) is 14.9 Å². The van der Waals surface area contributed by atoms with Crippen molar-refractivity contribution in [3.05, 3.63) is 94.2 Å². The minimum atomic E-state index is -0.806. The third-order valence-corrected chi connectivity index (χ3v) is 4.86. The van der Waals surface area contributed by atoms with Crippen LogP contribution in [-0.4, -0.2) is 27.2 Å². The molecule has 32 heavy (non-hydrogen) atoms. The summed E-state index contributed by atoms with van der Waals surface area (Å²) in [5.41, 5.74) is -0.189. The van der Waals surface area contributed by atoms with Crippen molar-refractivity contribution in [3.8, 4) is 17.2 Å². The number of halogens is 1. The van der Waals surface area contributed by atoms with Crippen LogP contribution in [-0.2, 0) is 6.54 Å². The first kappa shape index (κ1) is 21.0. The third kappa shape index (κ3) is 4.02. The molecule has 2 heterocycles. The van der Waals surface area contributed by atoms with E-state index in [4.69, 9.17) is 4.74 Å². The van der Waals surface area contributed by atoms with Gasteiger partial charge in [-0.05, 0) is 55.0 Å². The van der Waals surface area contributed by atoms with Gasteiger partial charge < -0.3 is 15.2 Å². The molecule has 0 saturated carbocycles. The van der Waals surface area contributed by atoms with E-state index in [1.165, 1.54) is 30.5 Å². The van der Waals surface area contributed by atoms with Gasteiger partial charge in [-0.3, -0.25) is 14.2 Å². The van der Waals surface area contributed by atoms with E-state index in [2.05, 4.69) is 10.3 Å². The molecule has 0 atom stereocenters. The van der Waals surface area contributed by atoms with Crippen molar-refractivity contribution in [2.24, 2.45) is 0 Å². The predicted octanol–water partition coefficient (Wildman–Crippen LogP) is 3.56. The number of carbonyl (C=O) groups is 1. The molecule has 2 aromatic carbocycles. The summed E-state index contributed by atoms with van der Waals surface area (Å²) in [6.45, 7) is 2.49. The van der Waals surface area contributed by atoms with Gasteiger partial charge in [0, 0.05) is 12.7 Å². The standard InChI is InChI=1S/C24H20FN3O4/c1-2-32-18-9-3-6-15(12-18)14-27-23(30)20-21(29)19-10-5-11-26-22(19)28(24(20)31)17-8-4-7-16(25)13-17/h3-13,29H,2,14H2,1H3,(H,27,30). The average molecular weight is 433 g/mol. The topological polar surface area (TPSA) is 93.4 Å². The van der Waals surface area contributed by atoms with Crippen LogP contribution >= 0.6 is 0 Å². The molecule has 162 valence electrons. The zero-order valence-corrected chi connectivity index (χ0v) is 17.2. The molecule has 0 unspecified atom stereocenters. The number of nitrogens with one attached hydrogen (secondary N) is 1. The highest BCUT2D eigenvalue weighted by atomic mass is 19.1. The molecule has 1 amide bonds. The fraction of sp³-hybridized carbons (Fsp3) is 0.125. The lowest BCUT2D eigenvalue weighted by Crippen LogP contribution is -2.33. The molecule has 2 aromatic heterocycles. The maximum atomic E-state index is 13.8. The molecular formula is C24H20FN3O4. The minimum absolute atomic E-state index is 0.113. The largest absolute Gasteiger partial charge is 0.506 e. The van der Waals surface area contributed by atoms with Crippen LogP contribution in [0.5, 0.6) is 11.5 Å². The summed E-state index contributed by atoms with van der Waals surface area (Å²) in [5, 5.41) is 13.6. The zero-order valence-electron chi connectivity index (χ0n) is 17.2. The van der Waals surface area contributed by atoms with Crippen LogP contribution in [0.4, 0.5) is 4.39 Å². The van der Waals surface area contributed by atoms with Gasteiger partial charge in [0.25, 0.3) is 11.5 Å². The van der Waals surface area contributed by atoms with Gasteiger partial charge >= 0.3 is 0 Å². The lowest BCUT2D eigenvalue weighted by atomic mass is 10.1. The van der Waals surface area contributed by atoms with E-state index in [0.717, 1.165) is 16.2 Å². The molecule has 4 aromatic rings. The van der Waals surface area contributed by atoms with Crippen LogP contribution < -0.4 is 15.6 Å². The first-order valence-corrected chi connectivity index (χ1v) is 9.98. The van der Waals surface area contributed by atoms with E-state index >= 15 is 0 Å². The lowest BCUT2D eigenvalue weighted by molar-refractivity contribution is 0.0946.